The number of hydrogen-bond donors (Lipinski definition) is 3. The molecule has 0 heterocycles. The fraction of sp³-hybridized carbons (Fsp3) is 0.500. The van der Waals surface area contributed by atoms with Gasteiger partial charge in [0, 0.05) is 6.04 Å². The molecule has 1 saturated carbocycles. The van der Waals surface area contributed by atoms with Gasteiger partial charge in [-0.3, -0.25) is 4.79 Å². The Morgan fingerprint density at radius 1 is 1.00 bits per heavy atom. The topological polar surface area (TPSA) is 61.4 Å². The molecule has 2 aromatic carbocycles. The standard InChI is InChI=1S/C26H37N2O2P/c1-19(2)24(18-29)28-26(30)17-27-20(3)23-15-10-16-25(23)31(21-11-6-4-7-12-21)22-13-8-5-9-14-22/h4-9,11-14,19-20,23-25,27,29H,10,15-18H2,1-3H3,(H,28,30)/t20-,23?,24+,25+/m0/s1. The van der Waals surface area contributed by atoms with Gasteiger partial charge in [-0.25, -0.2) is 0 Å². The molecule has 1 aliphatic carbocycles. The molecule has 0 spiro atoms. The molecule has 4 atom stereocenters. The molecule has 3 rings (SSSR count). The number of benzene rings is 2. The molecule has 2 aromatic rings. The predicted octanol–water partition coefficient (Wildman–Crippen LogP) is 3.40. The number of carbonyl (C=O) groups is 1. The van der Waals surface area contributed by atoms with Crippen molar-refractivity contribution in [3.8, 4) is 0 Å². The van der Waals surface area contributed by atoms with Crippen LogP contribution >= 0.6 is 7.92 Å². The molecule has 0 aliphatic heterocycles. The maximum atomic E-state index is 12.4. The Morgan fingerprint density at radius 3 is 2.10 bits per heavy atom. The van der Waals surface area contributed by atoms with Crippen molar-refractivity contribution in [3.63, 3.8) is 0 Å². The van der Waals surface area contributed by atoms with E-state index in [2.05, 4.69) is 78.2 Å². The number of rotatable bonds is 10. The zero-order valence-corrected chi connectivity index (χ0v) is 19.9. The molecular formula is C26H37N2O2P. The van der Waals surface area contributed by atoms with E-state index in [4.69, 9.17) is 0 Å². The Hall–Kier alpha value is -1.74. The van der Waals surface area contributed by atoms with Crippen LogP contribution in [0.4, 0.5) is 0 Å². The van der Waals surface area contributed by atoms with Crippen LogP contribution in [0, 0.1) is 11.8 Å². The van der Waals surface area contributed by atoms with Gasteiger partial charge in [0.15, 0.2) is 0 Å². The largest absolute Gasteiger partial charge is 0.394 e. The van der Waals surface area contributed by atoms with Crippen LogP contribution in [0.3, 0.4) is 0 Å². The van der Waals surface area contributed by atoms with Crippen LogP contribution in [0.2, 0.25) is 0 Å². The van der Waals surface area contributed by atoms with E-state index >= 15 is 0 Å². The summed E-state index contributed by atoms with van der Waals surface area (Å²) in [4.78, 5) is 12.4. The van der Waals surface area contributed by atoms with E-state index in [0.717, 1.165) is 0 Å². The fourth-order valence-corrected chi connectivity index (χ4v) is 7.95. The highest BCUT2D eigenvalue weighted by atomic mass is 31.1. The summed E-state index contributed by atoms with van der Waals surface area (Å²) >= 11 is 0. The smallest absolute Gasteiger partial charge is 0.234 e. The van der Waals surface area contributed by atoms with Crippen LogP contribution < -0.4 is 21.2 Å². The van der Waals surface area contributed by atoms with Gasteiger partial charge in [0.25, 0.3) is 0 Å². The van der Waals surface area contributed by atoms with E-state index in [1.165, 1.54) is 29.9 Å². The molecule has 31 heavy (non-hydrogen) atoms. The lowest BCUT2D eigenvalue weighted by atomic mass is 9.99. The highest BCUT2D eigenvalue weighted by Crippen LogP contribution is 2.50. The van der Waals surface area contributed by atoms with Gasteiger partial charge in [-0.05, 0) is 55.8 Å². The first kappa shape index (κ1) is 23.9. The van der Waals surface area contributed by atoms with Crippen LogP contribution in [-0.2, 0) is 4.79 Å². The van der Waals surface area contributed by atoms with Crippen molar-refractivity contribution >= 4 is 24.4 Å². The summed E-state index contributed by atoms with van der Waals surface area (Å²) in [6.07, 6.45) is 3.68. The van der Waals surface area contributed by atoms with E-state index in [9.17, 15) is 9.90 Å². The minimum absolute atomic E-state index is 0.0257. The zero-order chi connectivity index (χ0) is 22.2. The molecule has 4 nitrogen and oxygen atoms in total. The van der Waals surface area contributed by atoms with Crippen LogP contribution in [0.1, 0.15) is 40.0 Å². The van der Waals surface area contributed by atoms with E-state index in [1.807, 2.05) is 13.8 Å². The molecule has 0 radical (unpaired) electrons. The fourth-order valence-electron chi connectivity index (χ4n) is 4.67. The third kappa shape index (κ3) is 6.38. The van der Waals surface area contributed by atoms with Gasteiger partial charge in [-0.2, -0.15) is 0 Å². The molecular weight excluding hydrogens is 403 g/mol. The Labute approximate surface area is 188 Å². The lowest BCUT2D eigenvalue weighted by molar-refractivity contribution is -0.121. The Morgan fingerprint density at radius 2 is 1.58 bits per heavy atom. The molecule has 1 amide bonds. The number of aliphatic hydroxyl groups is 1. The van der Waals surface area contributed by atoms with Crippen LogP contribution in [0.15, 0.2) is 60.7 Å². The molecule has 3 N–H and O–H groups in total. The minimum Gasteiger partial charge on any atom is -0.394 e. The molecule has 1 unspecified atom stereocenters. The molecule has 5 heteroatoms. The van der Waals surface area contributed by atoms with Gasteiger partial charge in [-0.1, -0.05) is 80.9 Å². The molecule has 1 fully saturated rings. The average molecular weight is 441 g/mol. The lowest BCUT2D eigenvalue weighted by Crippen LogP contribution is -2.48. The van der Waals surface area contributed by atoms with E-state index in [-0.39, 0.29) is 30.5 Å². The monoisotopic (exact) mass is 440 g/mol. The van der Waals surface area contributed by atoms with Crippen molar-refractivity contribution in [3.05, 3.63) is 60.7 Å². The zero-order valence-electron chi connectivity index (χ0n) is 19.0. The number of hydrogen-bond acceptors (Lipinski definition) is 3. The van der Waals surface area contributed by atoms with E-state index in [1.54, 1.807) is 0 Å². The second-order valence-electron chi connectivity index (χ2n) is 8.97. The van der Waals surface area contributed by atoms with E-state index < -0.39 is 7.92 Å². The quantitative estimate of drug-likeness (QED) is 0.497. The summed E-state index contributed by atoms with van der Waals surface area (Å²) in [6.45, 7) is 6.52. The first-order chi connectivity index (χ1) is 15.0. The lowest BCUT2D eigenvalue weighted by Gasteiger charge is -2.34. The highest BCUT2D eigenvalue weighted by Gasteiger charge is 2.38. The van der Waals surface area contributed by atoms with Crippen molar-refractivity contribution in [2.45, 2.75) is 57.8 Å². The van der Waals surface area contributed by atoms with Gasteiger partial charge >= 0.3 is 0 Å². The van der Waals surface area contributed by atoms with Crippen molar-refractivity contribution in [2.24, 2.45) is 11.8 Å². The van der Waals surface area contributed by atoms with Crippen molar-refractivity contribution in [1.29, 1.82) is 0 Å². The second kappa shape index (κ2) is 11.8. The third-order valence-corrected chi connectivity index (χ3v) is 9.52. The normalized spacial score (nSPS) is 20.7. The Kier molecular flexibility index (Phi) is 9.07. The highest BCUT2D eigenvalue weighted by molar-refractivity contribution is 7.73. The summed E-state index contributed by atoms with van der Waals surface area (Å²) < 4.78 is 0. The van der Waals surface area contributed by atoms with Crippen LogP contribution in [0.5, 0.6) is 0 Å². The average Bonchev–Trinajstić information content (AvgIpc) is 3.26. The van der Waals surface area contributed by atoms with Crippen LogP contribution in [-0.4, -0.2) is 41.9 Å². The van der Waals surface area contributed by atoms with Gasteiger partial charge < -0.3 is 15.7 Å². The second-order valence-corrected chi connectivity index (χ2v) is 11.4. The summed E-state index contributed by atoms with van der Waals surface area (Å²) in [7, 11) is -0.449. The molecule has 1 aliphatic rings. The summed E-state index contributed by atoms with van der Waals surface area (Å²) in [6, 6.07) is 22.0. The third-order valence-electron chi connectivity index (χ3n) is 6.51. The van der Waals surface area contributed by atoms with Gasteiger partial charge in [0.05, 0.1) is 19.2 Å². The van der Waals surface area contributed by atoms with E-state index in [0.29, 0.717) is 18.1 Å². The minimum atomic E-state index is -0.449. The Bertz CT molecular complexity index is 760. The molecule has 168 valence electrons. The number of carbonyl (C=O) groups excluding carboxylic acids is 1. The number of amides is 1. The number of aliphatic hydroxyl groups excluding tert-OH is 1. The van der Waals surface area contributed by atoms with Gasteiger partial charge in [0.1, 0.15) is 0 Å². The van der Waals surface area contributed by atoms with Crippen molar-refractivity contribution in [1.82, 2.24) is 10.6 Å². The van der Waals surface area contributed by atoms with Crippen molar-refractivity contribution < 1.29 is 9.90 Å². The SMILES string of the molecule is CC(C)[C@@H](CO)NC(=O)CN[C@@H](C)C1CCC[C@H]1P(c1ccccc1)c1ccccc1. The summed E-state index contributed by atoms with van der Waals surface area (Å²) in [5.74, 6) is 0.714. The molecule has 0 aromatic heterocycles. The first-order valence-electron chi connectivity index (χ1n) is 11.5. The van der Waals surface area contributed by atoms with Gasteiger partial charge in [-0.15, -0.1) is 0 Å². The molecule has 0 bridgehead atoms. The maximum absolute atomic E-state index is 12.4. The maximum Gasteiger partial charge on any atom is 0.234 e. The van der Waals surface area contributed by atoms with Crippen molar-refractivity contribution in [2.75, 3.05) is 13.2 Å². The van der Waals surface area contributed by atoms with Crippen LogP contribution in [0.25, 0.3) is 0 Å². The predicted molar refractivity (Wildman–Crippen MR) is 132 cm³/mol. The Balaban J connectivity index is 1.70. The molecule has 0 saturated heterocycles. The number of nitrogens with one attached hydrogen (secondary N) is 2. The summed E-state index contributed by atoms with van der Waals surface area (Å²) in [5, 5.41) is 18.8. The first-order valence-corrected chi connectivity index (χ1v) is 12.9. The summed E-state index contributed by atoms with van der Waals surface area (Å²) in [5.41, 5.74) is 0.603. The van der Waals surface area contributed by atoms with Gasteiger partial charge in [0.2, 0.25) is 5.91 Å².